The lowest BCUT2D eigenvalue weighted by atomic mass is 10.0. The summed E-state index contributed by atoms with van der Waals surface area (Å²) in [5, 5.41) is 0.502. The van der Waals surface area contributed by atoms with Crippen LogP contribution >= 0.6 is 11.8 Å². The van der Waals surface area contributed by atoms with Gasteiger partial charge in [0, 0.05) is 30.4 Å². The lowest BCUT2D eigenvalue weighted by Crippen LogP contribution is -2.39. The molecular weight excluding hydrogens is 514 g/mol. The Labute approximate surface area is 211 Å². The maximum Gasteiger partial charge on any atom is 0.243 e. The van der Waals surface area contributed by atoms with Crippen molar-refractivity contribution in [1.82, 2.24) is 13.9 Å². The number of hydrogen-bond acceptors (Lipinski definition) is 4. The number of rotatable bonds is 6. The molecule has 5 nitrogen and oxygen atoms in total. The molecule has 2 aromatic carbocycles. The fourth-order valence-corrected chi connectivity index (χ4v) is 7.88. The van der Waals surface area contributed by atoms with Gasteiger partial charge in [-0.05, 0) is 55.9 Å². The first-order chi connectivity index (χ1) is 17.2. The van der Waals surface area contributed by atoms with Crippen LogP contribution in [0.5, 0.6) is 0 Å². The number of hydrogen-bond donors (Lipinski definition) is 0. The van der Waals surface area contributed by atoms with Crippen molar-refractivity contribution < 1.29 is 26.0 Å². The third kappa shape index (κ3) is 4.65. The molecule has 0 N–H and O–H groups in total. The number of imidazole rings is 1. The van der Waals surface area contributed by atoms with Crippen molar-refractivity contribution in [2.24, 2.45) is 5.92 Å². The molecule has 1 saturated heterocycles. The van der Waals surface area contributed by atoms with Gasteiger partial charge >= 0.3 is 0 Å². The Morgan fingerprint density at radius 2 is 1.75 bits per heavy atom. The smallest absolute Gasteiger partial charge is 0.243 e. The Kier molecular flexibility index (Phi) is 7.08. The Hall–Kier alpha value is -2.11. The van der Waals surface area contributed by atoms with E-state index in [1.807, 2.05) is 11.5 Å². The molecule has 1 aliphatic carbocycles. The SMILES string of the molecule is C[C@@H]1CCCN(S(=O)(=O)c2ccc3c(c2)nc(SCc2cc(F)c(F)c(F)c2F)n3C2CCCC2)C1. The fraction of sp³-hybridized carbons (Fsp3) is 0.480. The van der Waals surface area contributed by atoms with Crippen LogP contribution in [-0.2, 0) is 15.8 Å². The van der Waals surface area contributed by atoms with Gasteiger partial charge in [0.25, 0.3) is 0 Å². The van der Waals surface area contributed by atoms with Gasteiger partial charge in [-0.2, -0.15) is 4.31 Å². The second kappa shape index (κ2) is 9.98. The summed E-state index contributed by atoms with van der Waals surface area (Å²) in [4.78, 5) is 4.83. The van der Waals surface area contributed by atoms with E-state index in [-0.39, 0.29) is 22.3 Å². The maximum atomic E-state index is 14.2. The van der Waals surface area contributed by atoms with Crippen LogP contribution in [-0.4, -0.2) is 35.4 Å². The van der Waals surface area contributed by atoms with Gasteiger partial charge < -0.3 is 4.57 Å². The molecule has 36 heavy (non-hydrogen) atoms. The largest absolute Gasteiger partial charge is 0.316 e. The zero-order chi connectivity index (χ0) is 25.6. The van der Waals surface area contributed by atoms with Crippen molar-refractivity contribution in [1.29, 1.82) is 0 Å². The Bertz CT molecular complexity index is 1400. The zero-order valence-corrected chi connectivity index (χ0v) is 21.4. The Morgan fingerprint density at radius 1 is 1.00 bits per heavy atom. The molecule has 1 aliphatic heterocycles. The first kappa shape index (κ1) is 25.5. The van der Waals surface area contributed by atoms with Crippen LogP contribution < -0.4 is 0 Å². The maximum absolute atomic E-state index is 14.2. The average molecular weight is 542 g/mol. The number of fused-ring (bicyclic) bond motifs is 1. The van der Waals surface area contributed by atoms with Gasteiger partial charge in [-0.1, -0.05) is 31.5 Å². The number of nitrogens with zero attached hydrogens (tertiary/aromatic N) is 3. The highest BCUT2D eigenvalue weighted by Crippen LogP contribution is 2.38. The summed E-state index contributed by atoms with van der Waals surface area (Å²) in [7, 11) is -3.67. The first-order valence-corrected chi connectivity index (χ1v) is 14.6. The van der Waals surface area contributed by atoms with Gasteiger partial charge in [-0.3, -0.25) is 0 Å². The van der Waals surface area contributed by atoms with E-state index in [1.54, 1.807) is 18.2 Å². The Morgan fingerprint density at radius 3 is 2.47 bits per heavy atom. The molecule has 0 spiro atoms. The normalized spacial score (nSPS) is 20.0. The summed E-state index contributed by atoms with van der Waals surface area (Å²) in [5.74, 6) is -6.41. The molecule has 194 valence electrons. The molecule has 1 atom stereocenters. The standard InChI is InChI=1S/C25H27F4N3O2S2/c1-15-5-4-10-31(13-15)36(33,34)18-8-9-21-20(12-18)30-25(32(21)17-6-2-3-7-17)35-14-16-11-19(26)23(28)24(29)22(16)27/h8-9,11-12,15,17H,2-7,10,13-14H2,1H3/t15-/m1/s1. The van der Waals surface area contributed by atoms with Crippen molar-refractivity contribution in [3.63, 3.8) is 0 Å². The number of halogens is 4. The molecule has 1 saturated carbocycles. The number of piperidine rings is 1. The van der Waals surface area contributed by atoms with E-state index in [0.717, 1.165) is 55.8 Å². The van der Waals surface area contributed by atoms with Gasteiger partial charge in [0.2, 0.25) is 10.0 Å². The minimum Gasteiger partial charge on any atom is -0.316 e. The number of sulfonamides is 1. The van der Waals surface area contributed by atoms with Gasteiger partial charge in [0.15, 0.2) is 28.4 Å². The van der Waals surface area contributed by atoms with Crippen LogP contribution in [0, 0.1) is 29.2 Å². The summed E-state index contributed by atoms with van der Waals surface area (Å²) >= 11 is 1.09. The molecule has 11 heteroatoms. The van der Waals surface area contributed by atoms with Crippen molar-refractivity contribution in [2.45, 2.75) is 67.3 Å². The number of thioether (sulfide) groups is 1. The van der Waals surface area contributed by atoms with Crippen molar-refractivity contribution in [3.05, 3.63) is 53.1 Å². The summed E-state index contributed by atoms with van der Waals surface area (Å²) in [6.45, 7) is 3.01. The van der Waals surface area contributed by atoms with Gasteiger partial charge in [0.05, 0.1) is 15.9 Å². The highest BCUT2D eigenvalue weighted by atomic mass is 32.2. The van der Waals surface area contributed by atoms with Crippen LogP contribution in [0.4, 0.5) is 17.6 Å². The first-order valence-electron chi connectivity index (χ1n) is 12.1. The average Bonchev–Trinajstić information content (AvgIpc) is 3.51. The van der Waals surface area contributed by atoms with E-state index >= 15 is 0 Å². The lowest BCUT2D eigenvalue weighted by molar-refractivity contribution is 0.281. The third-order valence-electron chi connectivity index (χ3n) is 7.11. The quantitative estimate of drug-likeness (QED) is 0.156. The zero-order valence-electron chi connectivity index (χ0n) is 19.8. The van der Waals surface area contributed by atoms with Gasteiger partial charge in [-0.15, -0.1) is 0 Å². The van der Waals surface area contributed by atoms with Crippen LogP contribution in [0.1, 0.15) is 57.1 Å². The minimum absolute atomic E-state index is 0.134. The molecule has 2 heterocycles. The molecule has 0 amide bonds. The van der Waals surface area contributed by atoms with Crippen molar-refractivity contribution >= 4 is 32.8 Å². The number of aromatic nitrogens is 2. The van der Waals surface area contributed by atoms with Crippen LogP contribution in [0.2, 0.25) is 0 Å². The molecule has 0 unspecified atom stereocenters. The molecule has 5 rings (SSSR count). The third-order valence-corrected chi connectivity index (χ3v) is 9.97. The predicted molar refractivity (Wildman–Crippen MR) is 130 cm³/mol. The molecule has 0 radical (unpaired) electrons. The Balaban J connectivity index is 1.51. The summed E-state index contributed by atoms with van der Waals surface area (Å²) in [6.07, 6.45) is 5.73. The highest BCUT2D eigenvalue weighted by Gasteiger charge is 2.30. The van der Waals surface area contributed by atoms with Crippen LogP contribution in [0.15, 0.2) is 34.3 Å². The second-order valence-corrected chi connectivity index (χ2v) is 12.6. The van der Waals surface area contributed by atoms with Crippen molar-refractivity contribution in [2.75, 3.05) is 13.1 Å². The lowest BCUT2D eigenvalue weighted by Gasteiger charge is -2.30. The molecule has 2 aliphatic rings. The van der Waals surface area contributed by atoms with E-state index in [2.05, 4.69) is 4.98 Å². The number of benzene rings is 2. The summed E-state index contributed by atoms with van der Waals surface area (Å²) < 4.78 is 85.2. The predicted octanol–water partition coefficient (Wildman–Crippen LogP) is 6.42. The van der Waals surface area contributed by atoms with E-state index < -0.39 is 33.3 Å². The molecule has 0 bridgehead atoms. The van der Waals surface area contributed by atoms with E-state index in [0.29, 0.717) is 35.7 Å². The topological polar surface area (TPSA) is 55.2 Å². The van der Waals surface area contributed by atoms with Gasteiger partial charge in [0.1, 0.15) is 0 Å². The summed E-state index contributed by atoms with van der Waals surface area (Å²) in [6, 6.07) is 5.71. The monoisotopic (exact) mass is 541 g/mol. The fourth-order valence-electron chi connectivity index (χ4n) is 5.22. The molecular formula is C25H27F4N3O2S2. The van der Waals surface area contributed by atoms with E-state index in [4.69, 9.17) is 0 Å². The highest BCUT2D eigenvalue weighted by molar-refractivity contribution is 7.98. The second-order valence-electron chi connectivity index (χ2n) is 9.71. The van der Waals surface area contributed by atoms with Crippen LogP contribution in [0.25, 0.3) is 11.0 Å². The summed E-state index contributed by atoms with van der Waals surface area (Å²) in [5.41, 5.74) is 0.948. The molecule has 2 fully saturated rings. The van der Waals surface area contributed by atoms with E-state index in [1.165, 1.54) is 4.31 Å². The van der Waals surface area contributed by atoms with Gasteiger partial charge in [-0.25, -0.2) is 31.0 Å². The van der Waals surface area contributed by atoms with Crippen molar-refractivity contribution in [3.8, 4) is 0 Å². The van der Waals surface area contributed by atoms with E-state index in [9.17, 15) is 26.0 Å². The minimum atomic E-state index is -3.67. The van der Waals surface area contributed by atoms with Crippen LogP contribution in [0.3, 0.4) is 0 Å². The molecule has 1 aromatic heterocycles. The molecule has 3 aromatic rings.